The third kappa shape index (κ3) is 5.32. The van der Waals surface area contributed by atoms with Crippen LogP contribution in [0.3, 0.4) is 0 Å². The average Bonchev–Trinajstić information content (AvgIpc) is 2.69. The molecule has 0 fully saturated rings. The standard InChI is InChI=1S/C23H24Cl2N2O4/c1-12(2)30-21-16(24)10-15(11-17(21)25)20-18(22(28)31-13(3)4)19(26-23(29)27-20)14-8-6-5-7-9-14/h5-13,20H,1-4H3,(H2,26,27,29). The molecule has 6 nitrogen and oxygen atoms in total. The number of urea groups is 1. The molecule has 0 saturated heterocycles. The van der Waals surface area contributed by atoms with Crippen LogP contribution in [0, 0.1) is 0 Å². The first-order valence-corrected chi connectivity index (χ1v) is 10.7. The summed E-state index contributed by atoms with van der Waals surface area (Å²) in [6.45, 7) is 7.25. The van der Waals surface area contributed by atoms with Crippen molar-refractivity contribution < 1.29 is 19.1 Å². The highest BCUT2D eigenvalue weighted by molar-refractivity contribution is 6.37. The van der Waals surface area contributed by atoms with Crippen molar-refractivity contribution in [1.29, 1.82) is 0 Å². The van der Waals surface area contributed by atoms with Crippen LogP contribution in [0.15, 0.2) is 48.0 Å². The van der Waals surface area contributed by atoms with E-state index in [1.165, 1.54) is 0 Å². The largest absolute Gasteiger partial charge is 0.488 e. The lowest BCUT2D eigenvalue weighted by molar-refractivity contribution is -0.143. The number of amides is 2. The highest BCUT2D eigenvalue weighted by Crippen LogP contribution is 2.40. The number of carbonyl (C=O) groups excluding carboxylic acids is 2. The number of carbonyl (C=O) groups is 2. The number of ether oxygens (including phenoxy) is 2. The van der Waals surface area contributed by atoms with E-state index in [1.807, 2.05) is 32.0 Å². The van der Waals surface area contributed by atoms with Crippen LogP contribution in [0.4, 0.5) is 4.79 Å². The summed E-state index contributed by atoms with van der Waals surface area (Å²) in [4.78, 5) is 25.6. The van der Waals surface area contributed by atoms with Gasteiger partial charge in [-0.3, -0.25) is 0 Å². The molecule has 0 saturated carbocycles. The Kier molecular flexibility index (Phi) is 7.13. The van der Waals surface area contributed by atoms with E-state index in [4.69, 9.17) is 32.7 Å². The first-order valence-electron chi connectivity index (χ1n) is 9.91. The quantitative estimate of drug-likeness (QED) is 0.555. The Hall–Kier alpha value is -2.70. The molecule has 1 atom stereocenters. The van der Waals surface area contributed by atoms with Crippen molar-refractivity contribution in [1.82, 2.24) is 10.6 Å². The second kappa shape index (κ2) is 9.62. The zero-order valence-electron chi connectivity index (χ0n) is 17.7. The zero-order valence-corrected chi connectivity index (χ0v) is 19.2. The van der Waals surface area contributed by atoms with Crippen LogP contribution < -0.4 is 15.4 Å². The maximum atomic E-state index is 13.1. The summed E-state index contributed by atoms with van der Waals surface area (Å²) in [5.41, 5.74) is 1.83. The van der Waals surface area contributed by atoms with Gasteiger partial charge in [0.1, 0.15) is 0 Å². The van der Waals surface area contributed by atoms with Gasteiger partial charge in [0.05, 0.1) is 39.6 Å². The minimum atomic E-state index is -0.821. The predicted octanol–water partition coefficient (Wildman–Crippen LogP) is 5.50. The van der Waals surface area contributed by atoms with E-state index in [2.05, 4.69) is 10.6 Å². The number of halogens is 2. The maximum absolute atomic E-state index is 13.1. The van der Waals surface area contributed by atoms with E-state index in [1.54, 1.807) is 38.1 Å². The summed E-state index contributed by atoms with van der Waals surface area (Å²) in [6.07, 6.45) is -0.468. The summed E-state index contributed by atoms with van der Waals surface area (Å²) in [5, 5.41) is 6.08. The van der Waals surface area contributed by atoms with Gasteiger partial charge < -0.3 is 20.1 Å². The highest BCUT2D eigenvalue weighted by atomic mass is 35.5. The molecule has 1 unspecified atom stereocenters. The molecule has 2 aromatic carbocycles. The highest BCUT2D eigenvalue weighted by Gasteiger charge is 2.35. The van der Waals surface area contributed by atoms with Crippen molar-refractivity contribution in [3.63, 3.8) is 0 Å². The van der Waals surface area contributed by atoms with Crippen molar-refractivity contribution in [3.05, 3.63) is 69.2 Å². The van der Waals surface area contributed by atoms with Crippen LogP contribution in [0.2, 0.25) is 10.0 Å². The molecule has 1 heterocycles. The molecule has 164 valence electrons. The van der Waals surface area contributed by atoms with Gasteiger partial charge in [-0.2, -0.15) is 0 Å². The van der Waals surface area contributed by atoms with Crippen LogP contribution in [0.1, 0.15) is 44.9 Å². The molecule has 1 aliphatic heterocycles. The van der Waals surface area contributed by atoms with Crippen LogP contribution in [-0.4, -0.2) is 24.2 Å². The van der Waals surface area contributed by atoms with Crippen LogP contribution in [-0.2, 0) is 9.53 Å². The zero-order chi connectivity index (χ0) is 22.7. The van der Waals surface area contributed by atoms with E-state index in [0.29, 0.717) is 22.6 Å². The molecule has 0 bridgehead atoms. The minimum absolute atomic E-state index is 0.124. The molecule has 1 aliphatic rings. The van der Waals surface area contributed by atoms with Gasteiger partial charge in [-0.15, -0.1) is 0 Å². The second-order valence-corrected chi connectivity index (χ2v) is 8.43. The van der Waals surface area contributed by atoms with Gasteiger partial charge in [0, 0.05) is 0 Å². The van der Waals surface area contributed by atoms with Crippen molar-refractivity contribution in [2.45, 2.75) is 45.9 Å². The van der Waals surface area contributed by atoms with E-state index < -0.39 is 18.0 Å². The smallest absolute Gasteiger partial charge is 0.338 e. The van der Waals surface area contributed by atoms with Gasteiger partial charge in [-0.1, -0.05) is 53.5 Å². The molecule has 0 radical (unpaired) electrons. The summed E-state index contributed by atoms with van der Waals surface area (Å²) >= 11 is 12.9. The lowest BCUT2D eigenvalue weighted by Crippen LogP contribution is -2.45. The molecule has 2 aromatic rings. The first-order chi connectivity index (χ1) is 14.7. The number of hydrogen-bond acceptors (Lipinski definition) is 4. The minimum Gasteiger partial charge on any atom is -0.488 e. The normalized spacial score (nSPS) is 16.3. The molecule has 31 heavy (non-hydrogen) atoms. The van der Waals surface area contributed by atoms with Gasteiger partial charge in [0.25, 0.3) is 0 Å². The Balaban J connectivity index is 2.17. The molecule has 0 aromatic heterocycles. The molecular formula is C23H24Cl2N2O4. The topological polar surface area (TPSA) is 76.7 Å². The first kappa shape index (κ1) is 23.0. The van der Waals surface area contributed by atoms with Crippen molar-refractivity contribution in [2.24, 2.45) is 0 Å². The third-order valence-corrected chi connectivity index (χ3v) is 4.97. The molecule has 8 heteroatoms. The Morgan fingerprint density at radius 1 is 1.00 bits per heavy atom. The fourth-order valence-electron chi connectivity index (χ4n) is 3.24. The monoisotopic (exact) mass is 462 g/mol. The second-order valence-electron chi connectivity index (χ2n) is 7.62. The fourth-order valence-corrected chi connectivity index (χ4v) is 3.83. The number of benzene rings is 2. The molecule has 0 aliphatic carbocycles. The lowest BCUT2D eigenvalue weighted by Gasteiger charge is -2.30. The Bertz CT molecular complexity index is 996. The molecular weight excluding hydrogens is 439 g/mol. The van der Waals surface area contributed by atoms with Gasteiger partial charge in [0.2, 0.25) is 0 Å². The predicted molar refractivity (Wildman–Crippen MR) is 121 cm³/mol. The average molecular weight is 463 g/mol. The lowest BCUT2D eigenvalue weighted by atomic mass is 9.92. The molecule has 0 spiro atoms. The molecule has 3 rings (SSSR count). The van der Waals surface area contributed by atoms with Gasteiger partial charge in [-0.25, -0.2) is 9.59 Å². The fraction of sp³-hybridized carbons (Fsp3) is 0.304. The number of rotatable bonds is 6. The van der Waals surface area contributed by atoms with E-state index in [0.717, 1.165) is 0 Å². The summed E-state index contributed by atoms with van der Waals surface area (Å²) in [7, 11) is 0. The SMILES string of the molecule is CC(C)OC(=O)C1=C(c2ccccc2)NC(=O)NC1c1cc(Cl)c(OC(C)C)c(Cl)c1. The maximum Gasteiger partial charge on any atom is 0.338 e. The van der Waals surface area contributed by atoms with Crippen LogP contribution in [0.5, 0.6) is 5.75 Å². The third-order valence-electron chi connectivity index (χ3n) is 4.40. The Morgan fingerprint density at radius 3 is 2.16 bits per heavy atom. The Labute approximate surface area is 191 Å². The number of hydrogen-bond donors (Lipinski definition) is 2. The van der Waals surface area contributed by atoms with Gasteiger partial charge in [-0.05, 0) is 51.0 Å². The summed E-state index contributed by atoms with van der Waals surface area (Å²) in [6, 6.07) is 11.1. The molecule has 2 amide bonds. The number of esters is 1. The van der Waals surface area contributed by atoms with Crippen LogP contribution >= 0.6 is 23.2 Å². The summed E-state index contributed by atoms with van der Waals surface area (Å²) < 4.78 is 11.2. The van der Waals surface area contributed by atoms with Gasteiger partial charge >= 0.3 is 12.0 Å². The van der Waals surface area contributed by atoms with Crippen molar-refractivity contribution in [3.8, 4) is 5.75 Å². The van der Waals surface area contributed by atoms with E-state index in [-0.39, 0.29) is 27.8 Å². The van der Waals surface area contributed by atoms with Crippen molar-refractivity contribution >= 4 is 40.9 Å². The van der Waals surface area contributed by atoms with Crippen molar-refractivity contribution in [2.75, 3.05) is 0 Å². The summed E-state index contributed by atoms with van der Waals surface area (Å²) in [5.74, 6) is -0.206. The number of nitrogens with one attached hydrogen (secondary N) is 2. The van der Waals surface area contributed by atoms with Gasteiger partial charge in [0.15, 0.2) is 5.75 Å². The van der Waals surface area contributed by atoms with Crippen LogP contribution in [0.25, 0.3) is 5.70 Å². The van der Waals surface area contributed by atoms with E-state index in [9.17, 15) is 9.59 Å². The Morgan fingerprint density at radius 2 is 1.61 bits per heavy atom. The molecule has 2 N–H and O–H groups in total. The van der Waals surface area contributed by atoms with E-state index >= 15 is 0 Å².